The lowest BCUT2D eigenvalue weighted by Crippen LogP contribution is -2.30. The predicted octanol–water partition coefficient (Wildman–Crippen LogP) is 19.0. The van der Waals surface area contributed by atoms with Crippen LogP contribution < -0.4 is 0 Å². The van der Waals surface area contributed by atoms with E-state index in [0.29, 0.717) is 19.3 Å². The molecule has 0 radical (unpaired) electrons. The van der Waals surface area contributed by atoms with Crippen LogP contribution in [0, 0.1) is 0 Å². The quantitative estimate of drug-likeness (QED) is 0.0262. The third-order valence-electron chi connectivity index (χ3n) is 12.6. The first-order chi connectivity index (χ1) is 32.5. The summed E-state index contributed by atoms with van der Waals surface area (Å²) in [5.41, 5.74) is 0. The fourth-order valence-corrected chi connectivity index (χ4v) is 8.32. The van der Waals surface area contributed by atoms with E-state index in [0.717, 1.165) is 96.3 Å². The van der Waals surface area contributed by atoms with Gasteiger partial charge in [-0.05, 0) is 57.8 Å². The van der Waals surface area contributed by atoms with Crippen molar-refractivity contribution in [3.8, 4) is 0 Å². The summed E-state index contributed by atoms with van der Waals surface area (Å²) in [6, 6.07) is 0. The Morgan fingerprint density at radius 1 is 0.318 bits per heavy atom. The maximum atomic E-state index is 12.8. The van der Waals surface area contributed by atoms with Gasteiger partial charge in [0.25, 0.3) is 0 Å². The number of carbonyl (C=O) groups excluding carboxylic acids is 3. The molecular weight excluding hydrogens is 817 g/mol. The fraction of sp³-hybridized carbons (Fsp3) is 0.817. The molecule has 0 spiro atoms. The number of allylic oxidation sites excluding steroid dienone is 8. The van der Waals surface area contributed by atoms with Crippen molar-refractivity contribution in [1.82, 2.24) is 0 Å². The molecule has 0 aromatic heterocycles. The van der Waals surface area contributed by atoms with Crippen molar-refractivity contribution in [2.45, 2.75) is 303 Å². The summed E-state index contributed by atoms with van der Waals surface area (Å²) < 4.78 is 16.8. The summed E-state index contributed by atoms with van der Waals surface area (Å²) in [7, 11) is 0. The smallest absolute Gasteiger partial charge is 0.306 e. The van der Waals surface area contributed by atoms with Gasteiger partial charge in [0.15, 0.2) is 6.10 Å². The van der Waals surface area contributed by atoms with Gasteiger partial charge in [0.2, 0.25) is 0 Å². The first-order valence-corrected chi connectivity index (χ1v) is 28.6. The number of hydrogen-bond acceptors (Lipinski definition) is 6. The molecule has 0 saturated heterocycles. The number of rotatable bonds is 52. The molecule has 0 fully saturated rings. The first-order valence-electron chi connectivity index (χ1n) is 28.6. The first kappa shape index (κ1) is 63.4. The molecule has 0 aliphatic carbocycles. The lowest BCUT2D eigenvalue weighted by atomic mass is 10.0. The molecule has 0 aromatic carbocycles. The summed E-state index contributed by atoms with van der Waals surface area (Å²) in [5, 5.41) is 0. The van der Waals surface area contributed by atoms with Gasteiger partial charge in [-0.15, -0.1) is 0 Å². The van der Waals surface area contributed by atoms with Crippen LogP contribution in [0.5, 0.6) is 0 Å². The molecule has 1 unspecified atom stereocenters. The minimum absolute atomic E-state index is 0.0753. The highest BCUT2D eigenvalue weighted by Crippen LogP contribution is 2.17. The maximum absolute atomic E-state index is 12.8. The maximum Gasteiger partial charge on any atom is 0.306 e. The van der Waals surface area contributed by atoms with E-state index in [1.54, 1.807) is 0 Å². The molecule has 0 heterocycles. The molecule has 6 heteroatoms. The van der Waals surface area contributed by atoms with Crippen molar-refractivity contribution < 1.29 is 28.6 Å². The van der Waals surface area contributed by atoms with Crippen molar-refractivity contribution in [3.63, 3.8) is 0 Å². The van der Waals surface area contributed by atoms with Gasteiger partial charge in [-0.3, -0.25) is 14.4 Å². The second-order valence-electron chi connectivity index (χ2n) is 19.2. The van der Waals surface area contributed by atoms with E-state index in [9.17, 15) is 14.4 Å². The SMILES string of the molecule is CC/C=C\C/C=C\C/C=C\C/C=C\CCCCCCCCC(=O)OC(COC(=O)CCCCCCCCCC)COC(=O)CCCCCCCCCCCCCCCCCCCCCCC. The molecule has 66 heavy (non-hydrogen) atoms. The highest BCUT2D eigenvalue weighted by atomic mass is 16.6. The zero-order valence-electron chi connectivity index (χ0n) is 44.0. The van der Waals surface area contributed by atoms with E-state index < -0.39 is 6.10 Å². The van der Waals surface area contributed by atoms with E-state index in [2.05, 4.69) is 69.4 Å². The van der Waals surface area contributed by atoms with Crippen molar-refractivity contribution in [2.75, 3.05) is 13.2 Å². The van der Waals surface area contributed by atoms with E-state index in [1.807, 2.05) is 0 Å². The molecule has 6 nitrogen and oxygen atoms in total. The van der Waals surface area contributed by atoms with Crippen LogP contribution in [-0.2, 0) is 28.6 Å². The molecule has 384 valence electrons. The Kier molecular flexibility index (Phi) is 52.8. The van der Waals surface area contributed by atoms with Gasteiger partial charge in [0, 0.05) is 19.3 Å². The van der Waals surface area contributed by atoms with Gasteiger partial charge in [0.1, 0.15) is 13.2 Å². The lowest BCUT2D eigenvalue weighted by Gasteiger charge is -2.18. The van der Waals surface area contributed by atoms with Gasteiger partial charge in [0.05, 0.1) is 0 Å². The van der Waals surface area contributed by atoms with Crippen molar-refractivity contribution in [2.24, 2.45) is 0 Å². The van der Waals surface area contributed by atoms with Crippen LogP contribution in [0.2, 0.25) is 0 Å². The molecular formula is C60H108O6. The summed E-state index contributed by atoms with van der Waals surface area (Å²) in [6.45, 7) is 6.52. The van der Waals surface area contributed by atoms with Crippen LogP contribution in [0.25, 0.3) is 0 Å². The Morgan fingerprint density at radius 3 is 0.924 bits per heavy atom. The van der Waals surface area contributed by atoms with Gasteiger partial charge in [-0.2, -0.15) is 0 Å². The average Bonchev–Trinajstić information content (AvgIpc) is 3.31. The standard InChI is InChI=1S/C60H108O6/c1-4-7-10-13-16-19-21-23-25-27-29-30-32-33-35-37-39-41-44-47-50-53-59(62)65-56-57(55-64-58(61)52-49-46-43-18-15-12-9-6-3)66-60(63)54-51-48-45-42-40-38-36-34-31-28-26-24-22-20-17-14-11-8-5-2/h8,11,17,20,24,26,31,34,57H,4-7,9-10,12-16,18-19,21-23,25,27-30,32-33,35-56H2,1-3H3/b11-8-,20-17-,26-24-,34-31-. The molecule has 0 saturated carbocycles. The van der Waals surface area contributed by atoms with Gasteiger partial charge < -0.3 is 14.2 Å². The van der Waals surface area contributed by atoms with E-state index in [4.69, 9.17) is 14.2 Å². The largest absolute Gasteiger partial charge is 0.462 e. The molecule has 0 aliphatic rings. The number of ether oxygens (including phenoxy) is 3. The minimum Gasteiger partial charge on any atom is -0.462 e. The van der Waals surface area contributed by atoms with Crippen LogP contribution in [0.4, 0.5) is 0 Å². The molecule has 0 aliphatic heterocycles. The van der Waals surface area contributed by atoms with Crippen LogP contribution in [0.3, 0.4) is 0 Å². The Bertz CT molecular complexity index is 1150. The van der Waals surface area contributed by atoms with E-state index >= 15 is 0 Å². The van der Waals surface area contributed by atoms with Crippen LogP contribution in [-0.4, -0.2) is 37.2 Å². The van der Waals surface area contributed by atoms with E-state index in [-0.39, 0.29) is 31.1 Å². The molecule has 0 amide bonds. The zero-order valence-corrected chi connectivity index (χ0v) is 44.0. The fourth-order valence-electron chi connectivity index (χ4n) is 8.32. The average molecular weight is 926 g/mol. The van der Waals surface area contributed by atoms with Crippen molar-refractivity contribution in [3.05, 3.63) is 48.6 Å². The predicted molar refractivity (Wildman–Crippen MR) is 284 cm³/mol. The Morgan fingerprint density at radius 2 is 0.591 bits per heavy atom. The second-order valence-corrected chi connectivity index (χ2v) is 19.2. The van der Waals surface area contributed by atoms with Gasteiger partial charge in [-0.25, -0.2) is 0 Å². The highest BCUT2D eigenvalue weighted by Gasteiger charge is 2.19. The molecule has 0 bridgehead atoms. The molecule has 0 rings (SSSR count). The Hall–Kier alpha value is -2.63. The molecule has 0 aromatic rings. The minimum atomic E-state index is -0.776. The lowest BCUT2D eigenvalue weighted by molar-refractivity contribution is -0.167. The number of unbranched alkanes of at least 4 members (excludes halogenated alkanes) is 33. The summed E-state index contributed by atoms with van der Waals surface area (Å²) in [6.07, 6.45) is 66.9. The second kappa shape index (κ2) is 55.0. The number of carbonyl (C=O) groups is 3. The number of esters is 3. The molecule has 0 N–H and O–H groups in total. The normalized spacial score (nSPS) is 12.3. The summed E-state index contributed by atoms with van der Waals surface area (Å²) in [4.78, 5) is 38.0. The van der Waals surface area contributed by atoms with Crippen molar-refractivity contribution >= 4 is 17.9 Å². The third-order valence-corrected chi connectivity index (χ3v) is 12.6. The molecule has 1 atom stereocenters. The third kappa shape index (κ3) is 52.3. The van der Waals surface area contributed by atoms with Crippen LogP contribution >= 0.6 is 0 Å². The highest BCUT2D eigenvalue weighted by molar-refractivity contribution is 5.71. The summed E-state index contributed by atoms with van der Waals surface area (Å²) >= 11 is 0. The van der Waals surface area contributed by atoms with E-state index in [1.165, 1.54) is 161 Å². The topological polar surface area (TPSA) is 78.9 Å². The Balaban J connectivity index is 4.22. The monoisotopic (exact) mass is 925 g/mol. The van der Waals surface area contributed by atoms with Gasteiger partial charge >= 0.3 is 17.9 Å². The van der Waals surface area contributed by atoms with Crippen LogP contribution in [0.1, 0.15) is 297 Å². The zero-order chi connectivity index (χ0) is 47.9. The number of hydrogen-bond donors (Lipinski definition) is 0. The summed E-state index contributed by atoms with van der Waals surface area (Å²) in [5.74, 6) is -0.880. The Labute approximate surface area is 409 Å². The van der Waals surface area contributed by atoms with Crippen molar-refractivity contribution in [1.29, 1.82) is 0 Å². The van der Waals surface area contributed by atoms with Crippen LogP contribution in [0.15, 0.2) is 48.6 Å². The van der Waals surface area contributed by atoms with Gasteiger partial charge in [-0.1, -0.05) is 268 Å².